The molecular formula is C22H30Cl2N4O2. The molecule has 1 saturated heterocycles. The molecular weight excluding hydrogens is 423 g/mol. The van der Waals surface area contributed by atoms with Gasteiger partial charge in [0.25, 0.3) is 0 Å². The number of piperidine rings is 1. The van der Waals surface area contributed by atoms with Gasteiger partial charge in [0.15, 0.2) is 0 Å². The van der Waals surface area contributed by atoms with Crippen molar-refractivity contribution in [2.75, 3.05) is 18.4 Å². The number of nitrogens with two attached hydrogens (primary N) is 2. The second-order valence-electron chi connectivity index (χ2n) is 7.46. The predicted octanol–water partition coefficient (Wildman–Crippen LogP) is 2.74. The summed E-state index contributed by atoms with van der Waals surface area (Å²) in [5, 5.41) is 2.88. The van der Waals surface area contributed by atoms with Crippen molar-refractivity contribution in [2.24, 2.45) is 17.4 Å². The van der Waals surface area contributed by atoms with Gasteiger partial charge in [0.2, 0.25) is 11.8 Å². The Morgan fingerprint density at radius 3 is 2.33 bits per heavy atom. The van der Waals surface area contributed by atoms with Crippen LogP contribution in [0.3, 0.4) is 0 Å². The van der Waals surface area contributed by atoms with Crippen LogP contribution in [0.2, 0.25) is 0 Å². The van der Waals surface area contributed by atoms with Crippen LogP contribution in [0.1, 0.15) is 24.0 Å². The quantitative estimate of drug-likeness (QED) is 0.600. The number of nitrogens with one attached hydrogen (secondary N) is 1. The minimum Gasteiger partial charge on any atom is -0.369 e. The van der Waals surface area contributed by atoms with Crippen LogP contribution in [0.15, 0.2) is 54.6 Å². The van der Waals surface area contributed by atoms with Crippen molar-refractivity contribution in [3.8, 4) is 0 Å². The van der Waals surface area contributed by atoms with Crippen molar-refractivity contribution in [2.45, 2.75) is 31.8 Å². The highest BCUT2D eigenvalue weighted by molar-refractivity contribution is 5.94. The Balaban J connectivity index is 0.00000225. The molecule has 2 aromatic carbocycles. The standard InChI is InChI=1S/C22H28N4O2.2ClH/c23-20(13-16-5-2-1-3-6-16)22(28)25-19-10-8-17(9-11-19)14-26-12-4-7-18(15-26)21(24)27;;/h1-3,5-6,8-11,18,20H,4,7,12-15,23H2,(H2,24,27)(H,25,28);2*1H. The lowest BCUT2D eigenvalue weighted by atomic mass is 9.97. The van der Waals surface area contributed by atoms with Crippen molar-refractivity contribution in [3.05, 3.63) is 65.7 Å². The van der Waals surface area contributed by atoms with Gasteiger partial charge in [0.1, 0.15) is 0 Å². The van der Waals surface area contributed by atoms with Gasteiger partial charge in [-0.25, -0.2) is 0 Å². The van der Waals surface area contributed by atoms with E-state index in [1.807, 2.05) is 54.6 Å². The minimum absolute atomic E-state index is 0. The van der Waals surface area contributed by atoms with Crippen LogP contribution in [0.4, 0.5) is 5.69 Å². The summed E-state index contributed by atoms with van der Waals surface area (Å²) in [5.74, 6) is -0.468. The summed E-state index contributed by atoms with van der Waals surface area (Å²) >= 11 is 0. The molecule has 30 heavy (non-hydrogen) atoms. The molecule has 0 aromatic heterocycles. The molecule has 1 fully saturated rings. The van der Waals surface area contributed by atoms with E-state index in [0.717, 1.165) is 42.7 Å². The fraction of sp³-hybridized carbons (Fsp3) is 0.364. The SMILES string of the molecule is Cl.Cl.NC(=O)C1CCCN(Cc2ccc(NC(=O)C(N)Cc3ccccc3)cc2)C1. The first-order chi connectivity index (χ1) is 13.5. The fourth-order valence-corrected chi connectivity index (χ4v) is 3.58. The van der Waals surface area contributed by atoms with Gasteiger partial charge in [-0.1, -0.05) is 42.5 Å². The van der Waals surface area contributed by atoms with E-state index >= 15 is 0 Å². The molecule has 0 aliphatic carbocycles. The van der Waals surface area contributed by atoms with Gasteiger partial charge in [-0.05, 0) is 49.1 Å². The number of primary amides is 1. The Bertz CT molecular complexity index is 803. The zero-order valence-corrected chi connectivity index (χ0v) is 18.5. The topological polar surface area (TPSA) is 101 Å². The predicted molar refractivity (Wildman–Crippen MR) is 125 cm³/mol. The lowest BCUT2D eigenvalue weighted by Gasteiger charge is -2.31. The fourth-order valence-electron chi connectivity index (χ4n) is 3.58. The molecule has 0 bridgehead atoms. The van der Waals surface area contributed by atoms with E-state index in [1.165, 1.54) is 0 Å². The highest BCUT2D eigenvalue weighted by Gasteiger charge is 2.23. The Labute approximate surface area is 190 Å². The molecule has 6 nitrogen and oxygen atoms in total. The maximum atomic E-state index is 12.3. The van der Waals surface area contributed by atoms with Crippen molar-refractivity contribution < 1.29 is 9.59 Å². The van der Waals surface area contributed by atoms with Crippen molar-refractivity contribution in [1.29, 1.82) is 0 Å². The second-order valence-corrected chi connectivity index (χ2v) is 7.46. The molecule has 1 heterocycles. The molecule has 0 spiro atoms. The minimum atomic E-state index is -0.596. The Kier molecular flexibility index (Phi) is 10.8. The van der Waals surface area contributed by atoms with Crippen LogP contribution < -0.4 is 16.8 Å². The third kappa shape index (κ3) is 7.61. The summed E-state index contributed by atoms with van der Waals surface area (Å²) < 4.78 is 0. The number of hydrogen-bond acceptors (Lipinski definition) is 4. The number of carbonyl (C=O) groups is 2. The van der Waals surface area contributed by atoms with Crippen LogP contribution in [0.25, 0.3) is 0 Å². The highest BCUT2D eigenvalue weighted by atomic mass is 35.5. The van der Waals surface area contributed by atoms with Crippen LogP contribution in [-0.4, -0.2) is 35.8 Å². The summed E-state index contributed by atoms with van der Waals surface area (Å²) in [6.45, 7) is 2.45. The number of nitrogens with zero attached hydrogens (tertiary/aromatic N) is 1. The molecule has 2 amide bonds. The normalized spacial score (nSPS) is 17.2. The third-order valence-corrected chi connectivity index (χ3v) is 5.17. The largest absolute Gasteiger partial charge is 0.369 e. The Morgan fingerprint density at radius 1 is 1.03 bits per heavy atom. The van der Waals surface area contributed by atoms with E-state index in [1.54, 1.807) is 0 Å². The average Bonchev–Trinajstić information content (AvgIpc) is 2.70. The van der Waals surface area contributed by atoms with Gasteiger partial charge in [0.05, 0.1) is 12.0 Å². The Hall–Kier alpha value is -2.12. The van der Waals surface area contributed by atoms with Gasteiger partial charge in [-0.2, -0.15) is 0 Å². The van der Waals surface area contributed by atoms with E-state index < -0.39 is 6.04 Å². The highest BCUT2D eigenvalue weighted by Crippen LogP contribution is 2.19. The monoisotopic (exact) mass is 452 g/mol. The lowest BCUT2D eigenvalue weighted by Crippen LogP contribution is -2.40. The smallest absolute Gasteiger partial charge is 0.241 e. The zero-order valence-electron chi connectivity index (χ0n) is 16.8. The van der Waals surface area contributed by atoms with Gasteiger partial charge >= 0.3 is 0 Å². The van der Waals surface area contributed by atoms with Crippen molar-refractivity contribution >= 4 is 42.3 Å². The summed E-state index contributed by atoms with van der Waals surface area (Å²) in [4.78, 5) is 26.0. The van der Waals surface area contributed by atoms with Crippen LogP contribution in [0.5, 0.6) is 0 Å². The van der Waals surface area contributed by atoms with E-state index in [4.69, 9.17) is 11.5 Å². The number of amides is 2. The first-order valence-corrected chi connectivity index (χ1v) is 9.72. The number of anilines is 1. The van der Waals surface area contributed by atoms with E-state index in [2.05, 4.69) is 10.2 Å². The molecule has 5 N–H and O–H groups in total. The second kappa shape index (κ2) is 12.5. The van der Waals surface area contributed by atoms with E-state index in [0.29, 0.717) is 13.0 Å². The molecule has 2 atom stereocenters. The molecule has 1 aliphatic rings. The van der Waals surface area contributed by atoms with Crippen LogP contribution in [-0.2, 0) is 22.6 Å². The van der Waals surface area contributed by atoms with E-state index in [-0.39, 0.29) is 42.5 Å². The van der Waals surface area contributed by atoms with Crippen molar-refractivity contribution in [3.63, 3.8) is 0 Å². The van der Waals surface area contributed by atoms with Gasteiger partial charge in [-0.15, -0.1) is 24.8 Å². The molecule has 3 rings (SSSR count). The molecule has 8 heteroatoms. The number of hydrogen-bond donors (Lipinski definition) is 3. The van der Waals surface area contributed by atoms with E-state index in [9.17, 15) is 9.59 Å². The van der Waals surface area contributed by atoms with Crippen LogP contribution >= 0.6 is 24.8 Å². The number of halogens is 2. The first-order valence-electron chi connectivity index (χ1n) is 9.72. The molecule has 164 valence electrons. The number of rotatable bonds is 7. The zero-order chi connectivity index (χ0) is 19.9. The molecule has 1 aliphatic heterocycles. The molecule has 2 unspecified atom stereocenters. The Morgan fingerprint density at radius 2 is 1.70 bits per heavy atom. The first kappa shape index (κ1) is 25.9. The van der Waals surface area contributed by atoms with Gasteiger partial charge < -0.3 is 16.8 Å². The average molecular weight is 453 g/mol. The van der Waals surface area contributed by atoms with Crippen molar-refractivity contribution in [1.82, 2.24) is 4.90 Å². The number of benzene rings is 2. The van der Waals surface area contributed by atoms with Crippen LogP contribution in [0, 0.1) is 5.92 Å². The summed E-state index contributed by atoms with van der Waals surface area (Å²) in [6.07, 6.45) is 2.36. The maximum Gasteiger partial charge on any atom is 0.241 e. The summed E-state index contributed by atoms with van der Waals surface area (Å²) in [7, 11) is 0. The lowest BCUT2D eigenvalue weighted by molar-refractivity contribution is -0.123. The number of likely N-dealkylation sites (tertiary alicyclic amines) is 1. The molecule has 0 saturated carbocycles. The third-order valence-electron chi connectivity index (χ3n) is 5.17. The number of carbonyl (C=O) groups excluding carboxylic acids is 2. The maximum absolute atomic E-state index is 12.3. The summed E-state index contributed by atoms with van der Waals surface area (Å²) in [6, 6.07) is 16.9. The van der Waals surface area contributed by atoms with Gasteiger partial charge in [-0.3, -0.25) is 14.5 Å². The van der Waals surface area contributed by atoms with Gasteiger partial charge in [0, 0.05) is 18.8 Å². The summed E-state index contributed by atoms with van der Waals surface area (Å²) in [5.41, 5.74) is 14.4. The molecule has 2 aromatic rings. The molecule has 0 radical (unpaired) electrons.